The minimum atomic E-state index is -1.00. The number of non-ortho nitro benzene ring substituents is 1. The monoisotopic (exact) mass is 649 g/mol. The molecule has 222 valence electrons. The van der Waals surface area contributed by atoms with Crippen LogP contribution in [0.25, 0.3) is 28.7 Å². The Kier molecular flexibility index (Phi) is 7.85. The number of ether oxygens (including phenoxy) is 1. The molecule has 0 amide bonds. The minimum Gasteiger partial charge on any atom is -0.463 e. The summed E-state index contributed by atoms with van der Waals surface area (Å²) in [5, 5.41) is 12.2. The maximum Gasteiger partial charge on any atom is 0.338 e. The first-order valence-corrected chi connectivity index (χ1v) is 14.8. The molecule has 1 aliphatic heterocycles. The average molecular weight is 650 g/mol. The second-order valence-electron chi connectivity index (χ2n) is 9.64. The molecule has 10 nitrogen and oxygen atoms in total. The minimum absolute atomic E-state index is 0.101. The predicted molar refractivity (Wildman–Crippen MR) is 165 cm³/mol. The number of nitro benzene ring substituents is 1. The van der Waals surface area contributed by atoms with Crippen LogP contribution in [-0.2, 0) is 9.53 Å². The normalized spacial score (nSPS) is 14.8. The number of aromatic nitrogens is 1. The molecule has 0 saturated heterocycles. The molecule has 44 heavy (non-hydrogen) atoms. The second kappa shape index (κ2) is 11.8. The van der Waals surface area contributed by atoms with Crippen molar-refractivity contribution >= 4 is 52.3 Å². The standard InChI is InChI=1S/C31H21Cl2N3O7S/c1-3-41-30(38)27-16(2)34-31-35(28(27)25-12-11-23(43-25)17-5-4-6-19(13-17)36(39)40)29(37)26(44-31)15-20-8-10-24(42-20)21-9-7-18(32)14-22(21)33/h4-15,28H,3H2,1-2H3/b26-15-/t28-/m1/s1. The topological polar surface area (TPSA) is 130 Å². The fraction of sp³-hybridized carbons (Fsp3) is 0.129. The summed E-state index contributed by atoms with van der Waals surface area (Å²) in [6.45, 7) is 3.46. The number of rotatable bonds is 7. The summed E-state index contributed by atoms with van der Waals surface area (Å²) in [6.07, 6.45) is 1.59. The molecule has 0 N–H and O–H groups in total. The fourth-order valence-corrected chi connectivity index (χ4v) is 6.41. The third kappa shape index (κ3) is 5.41. The smallest absolute Gasteiger partial charge is 0.338 e. The van der Waals surface area contributed by atoms with E-state index in [-0.39, 0.29) is 23.6 Å². The number of allylic oxidation sites excluding steroid dienone is 1. The molecule has 1 aliphatic rings. The number of benzene rings is 2. The van der Waals surface area contributed by atoms with Gasteiger partial charge >= 0.3 is 5.97 Å². The molecule has 4 heterocycles. The van der Waals surface area contributed by atoms with E-state index in [1.54, 1.807) is 74.5 Å². The first kappa shape index (κ1) is 29.4. The Morgan fingerprint density at radius 1 is 1.11 bits per heavy atom. The van der Waals surface area contributed by atoms with Crippen molar-refractivity contribution in [1.29, 1.82) is 0 Å². The highest BCUT2D eigenvalue weighted by Gasteiger charge is 2.35. The van der Waals surface area contributed by atoms with Crippen molar-refractivity contribution < 1.29 is 23.3 Å². The Morgan fingerprint density at radius 3 is 2.66 bits per heavy atom. The summed E-state index contributed by atoms with van der Waals surface area (Å²) in [6, 6.07) is 16.7. The number of esters is 1. The number of furan rings is 2. The van der Waals surface area contributed by atoms with Crippen molar-refractivity contribution in [2.24, 2.45) is 4.99 Å². The SMILES string of the molecule is CCOC(=O)C1=C(C)N=c2s/c(=C\c3ccc(-c4ccc(Cl)cc4Cl)o3)c(=O)n2[C@@H]1c1ccc(-c2cccc([N+](=O)[O-])c2)o1. The molecular formula is C31H21Cl2N3O7S. The van der Waals surface area contributed by atoms with Crippen LogP contribution in [0.4, 0.5) is 5.69 Å². The third-order valence-electron chi connectivity index (χ3n) is 6.85. The van der Waals surface area contributed by atoms with Gasteiger partial charge in [0.15, 0.2) is 4.80 Å². The number of carbonyl (C=O) groups excluding carboxylic acids is 1. The predicted octanol–water partition coefficient (Wildman–Crippen LogP) is 6.53. The van der Waals surface area contributed by atoms with E-state index in [1.807, 2.05) is 0 Å². The summed E-state index contributed by atoms with van der Waals surface area (Å²) in [4.78, 5) is 42.8. The Labute approximate surface area is 262 Å². The van der Waals surface area contributed by atoms with Crippen LogP contribution in [0, 0.1) is 10.1 Å². The van der Waals surface area contributed by atoms with Crippen molar-refractivity contribution in [3.63, 3.8) is 0 Å². The number of nitro groups is 1. The molecule has 0 radical (unpaired) electrons. The van der Waals surface area contributed by atoms with Crippen LogP contribution in [0.5, 0.6) is 0 Å². The highest BCUT2D eigenvalue weighted by molar-refractivity contribution is 7.07. The molecule has 3 aromatic heterocycles. The van der Waals surface area contributed by atoms with E-state index in [4.69, 9.17) is 36.8 Å². The van der Waals surface area contributed by atoms with Gasteiger partial charge in [0, 0.05) is 34.4 Å². The largest absolute Gasteiger partial charge is 0.463 e. The lowest BCUT2D eigenvalue weighted by Crippen LogP contribution is -2.39. The Hall–Kier alpha value is -4.71. The summed E-state index contributed by atoms with van der Waals surface area (Å²) in [5.74, 6) is 0.840. The highest BCUT2D eigenvalue weighted by Crippen LogP contribution is 2.35. The quantitative estimate of drug-likeness (QED) is 0.111. The Balaban J connectivity index is 1.46. The van der Waals surface area contributed by atoms with Crippen LogP contribution < -0.4 is 14.9 Å². The molecule has 0 bridgehead atoms. The van der Waals surface area contributed by atoms with Crippen molar-refractivity contribution in [2.75, 3.05) is 6.61 Å². The molecule has 0 fully saturated rings. The van der Waals surface area contributed by atoms with Crippen LogP contribution in [0.15, 0.2) is 96.6 Å². The lowest BCUT2D eigenvalue weighted by Gasteiger charge is -2.22. The number of thiazole rings is 1. The van der Waals surface area contributed by atoms with Crippen LogP contribution >= 0.6 is 34.5 Å². The first-order valence-electron chi connectivity index (χ1n) is 13.2. The van der Waals surface area contributed by atoms with Crippen LogP contribution in [0.1, 0.15) is 31.4 Å². The van der Waals surface area contributed by atoms with Crippen molar-refractivity contribution in [3.8, 4) is 22.6 Å². The number of hydrogen-bond acceptors (Lipinski definition) is 9. The van der Waals surface area contributed by atoms with Gasteiger partial charge in [-0.2, -0.15) is 0 Å². The van der Waals surface area contributed by atoms with Crippen molar-refractivity contribution in [3.05, 3.63) is 129 Å². The molecule has 5 aromatic rings. The van der Waals surface area contributed by atoms with E-state index in [0.29, 0.717) is 53.5 Å². The van der Waals surface area contributed by atoms with E-state index in [1.165, 1.54) is 16.7 Å². The van der Waals surface area contributed by atoms with E-state index < -0.39 is 22.5 Å². The van der Waals surface area contributed by atoms with Gasteiger partial charge in [0.2, 0.25) is 0 Å². The molecule has 1 atom stereocenters. The molecule has 2 aromatic carbocycles. The summed E-state index contributed by atoms with van der Waals surface area (Å²) >= 11 is 13.5. The molecule has 0 spiro atoms. The van der Waals surface area contributed by atoms with Crippen molar-refractivity contribution in [2.45, 2.75) is 19.9 Å². The molecule has 6 rings (SSSR count). The fourth-order valence-electron chi connectivity index (χ4n) is 4.88. The zero-order chi connectivity index (χ0) is 31.1. The lowest BCUT2D eigenvalue weighted by atomic mass is 10.0. The molecule has 0 aliphatic carbocycles. The van der Waals surface area contributed by atoms with E-state index in [9.17, 15) is 19.7 Å². The van der Waals surface area contributed by atoms with Gasteiger partial charge in [-0.3, -0.25) is 19.5 Å². The van der Waals surface area contributed by atoms with Gasteiger partial charge < -0.3 is 13.6 Å². The highest BCUT2D eigenvalue weighted by atomic mass is 35.5. The van der Waals surface area contributed by atoms with E-state index in [0.717, 1.165) is 11.3 Å². The summed E-state index contributed by atoms with van der Waals surface area (Å²) in [7, 11) is 0. The van der Waals surface area contributed by atoms with Gasteiger partial charge in [-0.05, 0) is 56.3 Å². The maximum atomic E-state index is 13.9. The van der Waals surface area contributed by atoms with E-state index >= 15 is 0 Å². The van der Waals surface area contributed by atoms with Crippen molar-refractivity contribution in [1.82, 2.24) is 4.57 Å². The zero-order valence-electron chi connectivity index (χ0n) is 23.1. The van der Waals surface area contributed by atoms with Crippen LogP contribution in [0.2, 0.25) is 10.0 Å². The molecule has 0 saturated carbocycles. The van der Waals surface area contributed by atoms with Gasteiger partial charge in [-0.15, -0.1) is 0 Å². The number of carbonyl (C=O) groups is 1. The van der Waals surface area contributed by atoms with Gasteiger partial charge in [0.05, 0.1) is 32.4 Å². The molecule has 0 unspecified atom stereocenters. The Bertz CT molecular complexity index is 2170. The number of hydrogen-bond donors (Lipinski definition) is 0. The van der Waals surface area contributed by atoms with Gasteiger partial charge in [0.25, 0.3) is 11.2 Å². The third-order valence-corrected chi connectivity index (χ3v) is 8.38. The van der Waals surface area contributed by atoms with Gasteiger partial charge in [-0.25, -0.2) is 9.79 Å². The molecule has 13 heteroatoms. The average Bonchev–Trinajstić information content (AvgIpc) is 3.73. The first-order chi connectivity index (χ1) is 21.1. The number of nitrogens with zero attached hydrogens (tertiary/aromatic N) is 3. The second-order valence-corrected chi connectivity index (χ2v) is 11.5. The summed E-state index contributed by atoms with van der Waals surface area (Å²) in [5.41, 5.74) is 1.09. The van der Waals surface area contributed by atoms with Gasteiger partial charge in [0.1, 0.15) is 29.1 Å². The van der Waals surface area contributed by atoms with Crippen LogP contribution in [-0.4, -0.2) is 22.1 Å². The summed E-state index contributed by atoms with van der Waals surface area (Å²) < 4.78 is 19.1. The molecular weight excluding hydrogens is 629 g/mol. The Morgan fingerprint density at radius 2 is 1.91 bits per heavy atom. The zero-order valence-corrected chi connectivity index (χ0v) is 25.4. The maximum absolute atomic E-state index is 13.9. The number of halogens is 2. The van der Waals surface area contributed by atoms with E-state index in [2.05, 4.69) is 4.99 Å². The number of fused-ring (bicyclic) bond motifs is 1. The lowest BCUT2D eigenvalue weighted by molar-refractivity contribution is -0.384. The van der Waals surface area contributed by atoms with Crippen LogP contribution in [0.3, 0.4) is 0 Å². The van der Waals surface area contributed by atoms with Gasteiger partial charge in [-0.1, -0.05) is 46.7 Å².